The van der Waals surface area contributed by atoms with Crippen molar-refractivity contribution in [3.05, 3.63) is 35.6 Å². The summed E-state index contributed by atoms with van der Waals surface area (Å²) < 4.78 is 13.4. The lowest BCUT2D eigenvalue weighted by molar-refractivity contribution is -0.133. The summed E-state index contributed by atoms with van der Waals surface area (Å²) in [7, 11) is 0. The molecule has 2 N–H and O–H groups in total. The summed E-state index contributed by atoms with van der Waals surface area (Å²) in [5.74, 6) is -1.72. The van der Waals surface area contributed by atoms with Crippen molar-refractivity contribution in [2.24, 2.45) is 0 Å². The molecule has 1 aromatic carbocycles. The number of carboxylic acids is 1. The second kappa shape index (κ2) is 7.00. The molecule has 0 unspecified atom stereocenters. The summed E-state index contributed by atoms with van der Waals surface area (Å²) in [5.41, 5.74) is 0.411. The minimum Gasteiger partial charge on any atom is -0.481 e. The first-order valence-corrected chi connectivity index (χ1v) is 6.49. The average molecular weight is 271 g/mol. The highest BCUT2D eigenvalue weighted by Crippen LogP contribution is 2.16. The lowest BCUT2D eigenvalue weighted by Gasteiger charge is -2.14. The lowest BCUT2D eigenvalue weighted by atomic mass is 10.1. The SMILES string of the molecule is C[C@H](NC(=O)CSCC(=O)O)c1ccccc1F. The third-order valence-corrected chi connectivity index (χ3v) is 3.13. The van der Waals surface area contributed by atoms with Gasteiger partial charge < -0.3 is 10.4 Å². The first-order chi connectivity index (χ1) is 8.50. The third kappa shape index (κ3) is 4.75. The highest BCUT2D eigenvalue weighted by molar-refractivity contribution is 8.00. The highest BCUT2D eigenvalue weighted by Gasteiger charge is 2.13. The zero-order chi connectivity index (χ0) is 13.5. The van der Waals surface area contributed by atoms with Gasteiger partial charge >= 0.3 is 5.97 Å². The molecule has 18 heavy (non-hydrogen) atoms. The molecular weight excluding hydrogens is 257 g/mol. The summed E-state index contributed by atoms with van der Waals surface area (Å²) in [6.07, 6.45) is 0. The van der Waals surface area contributed by atoms with Gasteiger partial charge in [-0.05, 0) is 13.0 Å². The fourth-order valence-corrected chi connectivity index (χ4v) is 1.96. The number of aliphatic carboxylic acids is 1. The molecule has 0 aliphatic heterocycles. The van der Waals surface area contributed by atoms with Gasteiger partial charge in [0.15, 0.2) is 0 Å². The van der Waals surface area contributed by atoms with Crippen LogP contribution in [0.1, 0.15) is 18.5 Å². The second-order valence-electron chi connectivity index (χ2n) is 3.70. The Morgan fingerprint density at radius 1 is 1.39 bits per heavy atom. The number of hydrogen-bond acceptors (Lipinski definition) is 3. The van der Waals surface area contributed by atoms with Gasteiger partial charge in [-0.25, -0.2) is 4.39 Å². The predicted molar refractivity (Wildman–Crippen MR) is 67.9 cm³/mol. The van der Waals surface area contributed by atoms with E-state index in [9.17, 15) is 14.0 Å². The minimum atomic E-state index is -0.963. The maximum atomic E-state index is 13.4. The number of thioether (sulfide) groups is 1. The van der Waals surface area contributed by atoms with Gasteiger partial charge in [-0.2, -0.15) is 0 Å². The van der Waals surface area contributed by atoms with E-state index in [4.69, 9.17) is 5.11 Å². The van der Waals surface area contributed by atoms with Crippen molar-refractivity contribution in [3.8, 4) is 0 Å². The standard InChI is InChI=1S/C12H14FNO3S/c1-8(9-4-2-3-5-10(9)13)14-11(15)6-18-7-12(16)17/h2-5,8H,6-7H2,1H3,(H,14,15)(H,16,17)/t8-/m0/s1. The summed E-state index contributed by atoms with van der Waals surface area (Å²) in [5, 5.41) is 11.0. The topological polar surface area (TPSA) is 66.4 Å². The highest BCUT2D eigenvalue weighted by atomic mass is 32.2. The smallest absolute Gasteiger partial charge is 0.313 e. The van der Waals surface area contributed by atoms with E-state index in [-0.39, 0.29) is 23.2 Å². The van der Waals surface area contributed by atoms with Crippen molar-refractivity contribution in [3.63, 3.8) is 0 Å². The molecule has 6 heteroatoms. The number of carboxylic acid groups (broad SMARTS) is 1. The van der Waals surface area contributed by atoms with Gasteiger partial charge in [0.25, 0.3) is 0 Å². The molecule has 0 bridgehead atoms. The Balaban J connectivity index is 2.45. The van der Waals surface area contributed by atoms with Crippen LogP contribution in [-0.2, 0) is 9.59 Å². The van der Waals surface area contributed by atoms with Crippen LogP contribution in [0.5, 0.6) is 0 Å². The molecule has 1 rings (SSSR count). The van der Waals surface area contributed by atoms with Crippen LogP contribution < -0.4 is 5.32 Å². The van der Waals surface area contributed by atoms with Crippen LogP contribution in [0.4, 0.5) is 4.39 Å². The molecule has 1 amide bonds. The number of amides is 1. The van der Waals surface area contributed by atoms with Crippen LogP contribution >= 0.6 is 11.8 Å². The van der Waals surface area contributed by atoms with Gasteiger partial charge in [-0.15, -0.1) is 11.8 Å². The molecule has 0 aliphatic rings. The molecule has 0 saturated carbocycles. The molecule has 0 heterocycles. The number of carbonyl (C=O) groups is 2. The van der Waals surface area contributed by atoms with Crippen molar-refractivity contribution < 1.29 is 19.1 Å². The van der Waals surface area contributed by atoms with E-state index in [1.54, 1.807) is 25.1 Å². The van der Waals surface area contributed by atoms with Gasteiger partial charge in [0.1, 0.15) is 5.82 Å². The van der Waals surface area contributed by atoms with E-state index in [1.165, 1.54) is 6.07 Å². The molecular formula is C12H14FNO3S. The molecule has 4 nitrogen and oxygen atoms in total. The van der Waals surface area contributed by atoms with E-state index in [1.807, 2.05) is 0 Å². The van der Waals surface area contributed by atoms with Crippen molar-refractivity contribution in [2.75, 3.05) is 11.5 Å². The number of rotatable bonds is 6. The Morgan fingerprint density at radius 2 is 2.06 bits per heavy atom. The van der Waals surface area contributed by atoms with Crippen LogP contribution in [0.25, 0.3) is 0 Å². The number of benzene rings is 1. The molecule has 0 saturated heterocycles. The lowest BCUT2D eigenvalue weighted by Crippen LogP contribution is -2.29. The van der Waals surface area contributed by atoms with Crippen LogP contribution in [0, 0.1) is 5.82 Å². The molecule has 0 aliphatic carbocycles. The van der Waals surface area contributed by atoms with Crippen LogP contribution in [0.15, 0.2) is 24.3 Å². The molecule has 98 valence electrons. The maximum Gasteiger partial charge on any atom is 0.313 e. The van der Waals surface area contributed by atoms with E-state index in [2.05, 4.69) is 5.32 Å². The minimum absolute atomic E-state index is 0.0467. The number of halogens is 1. The monoisotopic (exact) mass is 271 g/mol. The molecule has 1 atom stereocenters. The normalized spacial score (nSPS) is 11.9. The molecule has 0 spiro atoms. The van der Waals surface area contributed by atoms with Gasteiger partial charge in [-0.3, -0.25) is 9.59 Å². The van der Waals surface area contributed by atoms with Gasteiger partial charge in [0.05, 0.1) is 17.5 Å². The van der Waals surface area contributed by atoms with Crippen molar-refractivity contribution in [1.82, 2.24) is 5.32 Å². The third-order valence-electron chi connectivity index (χ3n) is 2.21. The van der Waals surface area contributed by atoms with E-state index < -0.39 is 12.0 Å². The summed E-state index contributed by atoms with van der Waals surface area (Å²) in [6, 6.07) is 5.77. The van der Waals surface area contributed by atoms with Crippen LogP contribution in [0.2, 0.25) is 0 Å². The molecule has 1 aromatic rings. The zero-order valence-electron chi connectivity index (χ0n) is 9.85. The van der Waals surface area contributed by atoms with Crippen molar-refractivity contribution >= 4 is 23.6 Å². The maximum absolute atomic E-state index is 13.4. The fraction of sp³-hybridized carbons (Fsp3) is 0.333. The second-order valence-corrected chi connectivity index (χ2v) is 4.68. The Hall–Kier alpha value is -1.56. The Labute approximate surface area is 109 Å². The molecule has 0 aromatic heterocycles. The number of carbonyl (C=O) groups excluding carboxylic acids is 1. The van der Waals surface area contributed by atoms with Gasteiger partial charge in [0, 0.05) is 5.56 Å². The van der Waals surface area contributed by atoms with Gasteiger partial charge in [0.2, 0.25) is 5.91 Å². The first-order valence-electron chi connectivity index (χ1n) is 5.34. The number of hydrogen-bond donors (Lipinski definition) is 2. The Bertz CT molecular complexity index is 439. The Kier molecular flexibility index (Phi) is 5.64. The largest absolute Gasteiger partial charge is 0.481 e. The number of nitrogens with one attached hydrogen (secondary N) is 1. The van der Waals surface area contributed by atoms with Crippen LogP contribution in [-0.4, -0.2) is 28.5 Å². The fourth-order valence-electron chi connectivity index (χ4n) is 1.42. The molecule has 0 fully saturated rings. The van der Waals surface area contributed by atoms with E-state index in [0.717, 1.165) is 11.8 Å². The Morgan fingerprint density at radius 3 is 2.67 bits per heavy atom. The summed E-state index contributed by atoms with van der Waals surface area (Å²) in [6.45, 7) is 1.68. The van der Waals surface area contributed by atoms with Gasteiger partial charge in [-0.1, -0.05) is 18.2 Å². The summed E-state index contributed by atoms with van der Waals surface area (Å²) in [4.78, 5) is 21.7. The van der Waals surface area contributed by atoms with E-state index >= 15 is 0 Å². The van der Waals surface area contributed by atoms with Crippen molar-refractivity contribution in [2.45, 2.75) is 13.0 Å². The zero-order valence-corrected chi connectivity index (χ0v) is 10.7. The first kappa shape index (κ1) is 14.5. The van der Waals surface area contributed by atoms with Crippen molar-refractivity contribution in [1.29, 1.82) is 0 Å². The quantitative estimate of drug-likeness (QED) is 0.828. The van der Waals surface area contributed by atoms with Crippen LogP contribution in [0.3, 0.4) is 0 Å². The van der Waals surface area contributed by atoms with E-state index in [0.29, 0.717) is 5.56 Å². The average Bonchev–Trinajstić information content (AvgIpc) is 2.28. The molecule has 0 radical (unpaired) electrons. The summed E-state index contributed by atoms with van der Waals surface area (Å²) >= 11 is 1.01. The predicted octanol–water partition coefficient (Wildman–Crippen LogP) is 1.82.